The molecule has 1 aliphatic rings. The van der Waals surface area contributed by atoms with Crippen LogP contribution in [0.4, 0.5) is 5.69 Å². The number of hydrogen-bond donors (Lipinski definition) is 0. The molecule has 1 amide bonds. The Morgan fingerprint density at radius 2 is 1.96 bits per heavy atom. The summed E-state index contributed by atoms with van der Waals surface area (Å²) in [6.45, 7) is 1.80. The van der Waals surface area contributed by atoms with E-state index in [4.69, 9.17) is 4.74 Å². The molecule has 0 bridgehead atoms. The second-order valence-corrected chi connectivity index (χ2v) is 8.15. The minimum absolute atomic E-state index is 0.0858. The Balaban J connectivity index is 1.25. The summed E-state index contributed by atoms with van der Waals surface area (Å²) in [5.74, 6) is -0.508. The maximum Gasteiger partial charge on any atom is 0.306 e. The number of rotatable bonds is 6. The first-order valence-electron chi connectivity index (χ1n) is 9.52. The van der Waals surface area contributed by atoms with Crippen molar-refractivity contribution in [1.29, 1.82) is 0 Å². The number of nitrogens with zero attached hydrogens (tertiary/aromatic N) is 2. The van der Waals surface area contributed by atoms with Crippen molar-refractivity contribution >= 4 is 39.1 Å². The Labute approximate surface area is 168 Å². The van der Waals surface area contributed by atoms with Gasteiger partial charge in [-0.25, -0.2) is 4.98 Å². The summed E-state index contributed by atoms with van der Waals surface area (Å²) in [5.41, 5.74) is 3.08. The van der Waals surface area contributed by atoms with Crippen molar-refractivity contribution in [2.75, 3.05) is 11.5 Å². The largest absolute Gasteiger partial charge is 0.456 e. The van der Waals surface area contributed by atoms with Gasteiger partial charge < -0.3 is 9.64 Å². The van der Waals surface area contributed by atoms with Crippen LogP contribution in [0.1, 0.15) is 30.3 Å². The monoisotopic (exact) mass is 394 g/mol. The topological polar surface area (TPSA) is 59.5 Å². The molecule has 3 aromatic rings. The third kappa shape index (κ3) is 3.92. The van der Waals surface area contributed by atoms with Crippen LogP contribution < -0.4 is 4.90 Å². The average molecular weight is 394 g/mol. The first-order chi connectivity index (χ1) is 13.6. The first-order valence-corrected chi connectivity index (χ1v) is 10.3. The first kappa shape index (κ1) is 18.6. The smallest absolute Gasteiger partial charge is 0.306 e. The van der Waals surface area contributed by atoms with Crippen molar-refractivity contribution in [3.63, 3.8) is 0 Å². The molecule has 0 N–H and O–H groups in total. The summed E-state index contributed by atoms with van der Waals surface area (Å²) in [7, 11) is 0. The van der Waals surface area contributed by atoms with E-state index in [9.17, 15) is 9.59 Å². The summed E-state index contributed by atoms with van der Waals surface area (Å²) in [4.78, 5) is 30.9. The molecule has 2 heterocycles. The van der Waals surface area contributed by atoms with E-state index in [-0.39, 0.29) is 30.9 Å². The van der Waals surface area contributed by atoms with Crippen LogP contribution in [-0.2, 0) is 27.2 Å². The second kappa shape index (κ2) is 8.10. The van der Waals surface area contributed by atoms with Crippen LogP contribution >= 0.6 is 11.3 Å². The summed E-state index contributed by atoms with van der Waals surface area (Å²) < 4.78 is 6.39. The molecule has 144 valence electrons. The zero-order chi connectivity index (χ0) is 19.5. The fraction of sp³-hybridized carbons (Fsp3) is 0.318. The van der Waals surface area contributed by atoms with Gasteiger partial charge in [0.2, 0.25) is 0 Å². The molecule has 0 saturated heterocycles. The van der Waals surface area contributed by atoms with Crippen molar-refractivity contribution in [2.45, 2.75) is 38.6 Å². The minimum atomic E-state index is -0.338. The van der Waals surface area contributed by atoms with Gasteiger partial charge in [-0.1, -0.05) is 30.3 Å². The van der Waals surface area contributed by atoms with Crippen molar-refractivity contribution in [3.8, 4) is 0 Å². The molecule has 28 heavy (non-hydrogen) atoms. The Kier molecular flexibility index (Phi) is 5.39. The molecule has 1 atom stereocenters. The van der Waals surface area contributed by atoms with Crippen molar-refractivity contribution in [3.05, 3.63) is 59.1 Å². The highest BCUT2D eigenvalue weighted by molar-refractivity contribution is 7.18. The Hall–Kier alpha value is -2.73. The molecule has 0 saturated carbocycles. The molecule has 0 fully saturated rings. The van der Waals surface area contributed by atoms with E-state index in [0.29, 0.717) is 6.42 Å². The molecule has 1 aromatic heterocycles. The number of anilines is 1. The number of ether oxygens (including phenoxy) is 1. The highest BCUT2D eigenvalue weighted by Gasteiger charge is 2.30. The molecule has 6 heteroatoms. The van der Waals surface area contributed by atoms with Crippen LogP contribution in [0.3, 0.4) is 0 Å². The Morgan fingerprint density at radius 3 is 2.82 bits per heavy atom. The van der Waals surface area contributed by atoms with E-state index < -0.39 is 0 Å². The van der Waals surface area contributed by atoms with E-state index in [0.717, 1.165) is 39.3 Å². The molecular weight excluding hydrogens is 372 g/mol. The summed E-state index contributed by atoms with van der Waals surface area (Å²) >= 11 is 1.65. The van der Waals surface area contributed by atoms with E-state index in [2.05, 4.69) is 4.98 Å². The highest BCUT2D eigenvalue weighted by Crippen LogP contribution is 2.31. The van der Waals surface area contributed by atoms with Gasteiger partial charge in [-0.3, -0.25) is 9.59 Å². The fourth-order valence-corrected chi connectivity index (χ4v) is 4.65. The number of esters is 1. The standard InChI is InChI=1S/C22H22N2O3S/c1-15-13-16-7-2-4-9-18(16)24(15)21(25)14-27-22(26)12-6-11-20-23-17-8-3-5-10-19(17)28-20/h2-5,7-10,15H,6,11-14H2,1H3. The number of carbonyl (C=O) groups excluding carboxylic acids is 2. The number of aromatic nitrogens is 1. The lowest BCUT2D eigenvalue weighted by molar-refractivity contribution is -0.148. The molecule has 5 nitrogen and oxygen atoms in total. The number of para-hydroxylation sites is 2. The molecule has 2 aromatic carbocycles. The molecule has 0 spiro atoms. The number of thiazole rings is 1. The quantitative estimate of drug-likeness (QED) is 0.590. The van der Waals surface area contributed by atoms with E-state index >= 15 is 0 Å². The normalized spacial score (nSPS) is 15.6. The average Bonchev–Trinajstić information content (AvgIpc) is 3.25. The minimum Gasteiger partial charge on any atom is -0.456 e. The van der Waals surface area contributed by atoms with Crippen molar-refractivity contribution < 1.29 is 14.3 Å². The van der Waals surface area contributed by atoms with Gasteiger partial charge in [0.05, 0.1) is 15.2 Å². The number of aryl methyl sites for hydroxylation is 1. The molecule has 1 unspecified atom stereocenters. The van der Waals surface area contributed by atoms with Crippen molar-refractivity contribution in [1.82, 2.24) is 4.98 Å². The fourth-order valence-electron chi connectivity index (χ4n) is 3.64. The molecule has 4 rings (SSSR count). The number of benzene rings is 2. The molecular formula is C22H22N2O3S. The van der Waals surface area contributed by atoms with Gasteiger partial charge in [-0.15, -0.1) is 11.3 Å². The number of amides is 1. The maximum absolute atomic E-state index is 12.6. The zero-order valence-electron chi connectivity index (χ0n) is 15.8. The molecule has 0 radical (unpaired) electrons. The highest BCUT2D eigenvalue weighted by atomic mass is 32.1. The van der Waals surface area contributed by atoms with Crippen LogP contribution in [-0.4, -0.2) is 29.5 Å². The summed E-state index contributed by atoms with van der Waals surface area (Å²) in [6, 6.07) is 16.0. The van der Waals surface area contributed by atoms with Crippen LogP contribution in [0.25, 0.3) is 10.2 Å². The molecule has 1 aliphatic heterocycles. The Bertz CT molecular complexity index is 981. The lowest BCUT2D eigenvalue weighted by Gasteiger charge is -2.22. The van der Waals surface area contributed by atoms with Gasteiger partial charge in [-0.2, -0.15) is 0 Å². The predicted octanol–water partition coefficient (Wildman–Crippen LogP) is 4.14. The lowest BCUT2D eigenvalue weighted by Crippen LogP contribution is -2.38. The van der Waals surface area contributed by atoms with E-state index in [1.54, 1.807) is 16.2 Å². The summed E-state index contributed by atoms with van der Waals surface area (Å²) in [5, 5.41) is 1.02. The number of hydrogen-bond acceptors (Lipinski definition) is 5. The third-order valence-electron chi connectivity index (χ3n) is 4.94. The zero-order valence-corrected chi connectivity index (χ0v) is 16.6. The van der Waals surface area contributed by atoms with Gasteiger partial charge in [-0.05, 0) is 49.9 Å². The maximum atomic E-state index is 12.6. The van der Waals surface area contributed by atoms with Crippen LogP contribution in [0.15, 0.2) is 48.5 Å². The molecule has 0 aliphatic carbocycles. The van der Waals surface area contributed by atoms with Gasteiger partial charge in [0.25, 0.3) is 5.91 Å². The van der Waals surface area contributed by atoms with Crippen LogP contribution in [0.2, 0.25) is 0 Å². The SMILES string of the molecule is CC1Cc2ccccc2N1C(=O)COC(=O)CCCc1nc2ccccc2s1. The predicted molar refractivity (Wildman–Crippen MR) is 111 cm³/mol. The second-order valence-electron chi connectivity index (χ2n) is 7.04. The van der Waals surface area contributed by atoms with Gasteiger partial charge in [0.15, 0.2) is 6.61 Å². The number of fused-ring (bicyclic) bond motifs is 2. The van der Waals surface area contributed by atoms with Gasteiger partial charge in [0.1, 0.15) is 0 Å². The van der Waals surface area contributed by atoms with Crippen LogP contribution in [0, 0.1) is 0 Å². The Morgan fingerprint density at radius 1 is 1.18 bits per heavy atom. The number of carbonyl (C=O) groups is 2. The van der Waals surface area contributed by atoms with E-state index in [1.807, 2.05) is 55.5 Å². The third-order valence-corrected chi connectivity index (χ3v) is 6.04. The lowest BCUT2D eigenvalue weighted by atomic mass is 10.1. The van der Waals surface area contributed by atoms with E-state index in [1.165, 1.54) is 0 Å². The van der Waals surface area contributed by atoms with Crippen molar-refractivity contribution in [2.24, 2.45) is 0 Å². The van der Waals surface area contributed by atoms with Crippen LogP contribution in [0.5, 0.6) is 0 Å². The summed E-state index contributed by atoms with van der Waals surface area (Å²) in [6.07, 6.45) is 2.52. The van der Waals surface area contributed by atoms with Gasteiger partial charge in [0, 0.05) is 18.2 Å². The van der Waals surface area contributed by atoms with Gasteiger partial charge >= 0.3 is 5.97 Å².